The zero-order valence-electron chi connectivity index (χ0n) is 14.7. The molecule has 3 aromatic rings. The summed E-state index contributed by atoms with van der Waals surface area (Å²) < 4.78 is 0. The molecule has 0 bridgehead atoms. The molecule has 2 heterocycles. The SMILES string of the molecule is O=C(Nc1cscc1-c1nc(C(=O)O)c(O)c(=O)[nH]1)NC(CO)c1ccccc1. The molecule has 2 aromatic heterocycles. The number of aromatic carboxylic acids is 1. The van der Waals surface area contributed by atoms with E-state index in [-0.39, 0.29) is 23.7 Å². The highest BCUT2D eigenvalue weighted by atomic mass is 32.1. The Kier molecular flexibility index (Phi) is 5.90. The third-order valence-electron chi connectivity index (χ3n) is 3.95. The number of aromatic nitrogens is 2. The van der Waals surface area contributed by atoms with Crippen LogP contribution in [0.1, 0.15) is 22.1 Å². The van der Waals surface area contributed by atoms with Crippen molar-refractivity contribution in [1.29, 1.82) is 0 Å². The van der Waals surface area contributed by atoms with Gasteiger partial charge >= 0.3 is 12.0 Å². The molecule has 0 radical (unpaired) electrons. The van der Waals surface area contributed by atoms with Gasteiger partial charge in [0.15, 0.2) is 5.69 Å². The van der Waals surface area contributed by atoms with E-state index in [1.165, 1.54) is 11.3 Å². The Balaban J connectivity index is 1.83. The maximum atomic E-state index is 12.4. The van der Waals surface area contributed by atoms with Crippen LogP contribution in [0.25, 0.3) is 11.4 Å². The molecular formula is C18H16N4O6S. The topological polar surface area (TPSA) is 165 Å². The van der Waals surface area contributed by atoms with Crippen LogP contribution in [0, 0.1) is 0 Å². The predicted octanol–water partition coefficient (Wildman–Crippen LogP) is 1.76. The summed E-state index contributed by atoms with van der Waals surface area (Å²) in [4.78, 5) is 41.4. The van der Waals surface area contributed by atoms with Crippen LogP contribution in [0.4, 0.5) is 10.5 Å². The van der Waals surface area contributed by atoms with Gasteiger partial charge in [-0.1, -0.05) is 30.3 Å². The number of aromatic amines is 1. The summed E-state index contributed by atoms with van der Waals surface area (Å²) in [5.74, 6) is -2.69. The molecule has 0 saturated carbocycles. The summed E-state index contributed by atoms with van der Waals surface area (Å²) in [6.07, 6.45) is 0. The molecule has 0 aliphatic rings. The van der Waals surface area contributed by atoms with Crippen LogP contribution in [-0.4, -0.2) is 43.9 Å². The monoisotopic (exact) mass is 416 g/mol. The van der Waals surface area contributed by atoms with Gasteiger partial charge in [0.2, 0.25) is 5.75 Å². The van der Waals surface area contributed by atoms with E-state index in [1.54, 1.807) is 35.0 Å². The number of thiophene rings is 1. The number of rotatable bonds is 6. The van der Waals surface area contributed by atoms with Gasteiger partial charge in [-0.25, -0.2) is 14.6 Å². The number of nitrogens with zero attached hydrogens (tertiary/aromatic N) is 1. The first-order valence-electron chi connectivity index (χ1n) is 8.27. The molecule has 29 heavy (non-hydrogen) atoms. The summed E-state index contributed by atoms with van der Waals surface area (Å²) in [6, 6.07) is 7.64. The first-order chi connectivity index (χ1) is 13.9. The number of aromatic hydroxyl groups is 1. The molecule has 3 rings (SSSR count). The van der Waals surface area contributed by atoms with Crippen LogP contribution in [0.2, 0.25) is 0 Å². The number of urea groups is 1. The van der Waals surface area contributed by atoms with Gasteiger partial charge in [-0.2, -0.15) is 0 Å². The van der Waals surface area contributed by atoms with Crippen molar-refractivity contribution >= 4 is 29.0 Å². The molecule has 1 unspecified atom stereocenters. The molecule has 2 amide bonds. The van der Waals surface area contributed by atoms with Crippen LogP contribution in [-0.2, 0) is 0 Å². The fourth-order valence-electron chi connectivity index (χ4n) is 2.56. The molecule has 6 N–H and O–H groups in total. The van der Waals surface area contributed by atoms with Crippen molar-refractivity contribution < 1.29 is 24.9 Å². The normalized spacial score (nSPS) is 11.6. The Labute approximate surface area is 167 Å². The van der Waals surface area contributed by atoms with Gasteiger partial charge < -0.3 is 30.9 Å². The molecule has 0 aliphatic heterocycles. The molecule has 0 spiro atoms. The molecule has 0 aliphatic carbocycles. The van der Waals surface area contributed by atoms with E-state index in [9.17, 15) is 24.6 Å². The quantitative estimate of drug-likeness (QED) is 0.356. The van der Waals surface area contributed by atoms with Crippen LogP contribution >= 0.6 is 11.3 Å². The number of hydrogen-bond donors (Lipinski definition) is 6. The zero-order valence-corrected chi connectivity index (χ0v) is 15.6. The largest absolute Gasteiger partial charge is 0.501 e. The second-order valence-electron chi connectivity index (χ2n) is 5.86. The number of aliphatic hydroxyl groups is 1. The number of carboxylic acid groups (broad SMARTS) is 1. The van der Waals surface area contributed by atoms with Gasteiger partial charge in [0.1, 0.15) is 5.82 Å². The van der Waals surface area contributed by atoms with Gasteiger partial charge in [0.25, 0.3) is 5.56 Å². The standard InChI is InChI=1S/C18H16N4O6S/c23-6-11(9-4-2-1-3-5-9)19-18(28)20-12-8-29-7-10(12)15-21-13(17(26)27)14(24)16(25)22-15/h1-5,7-8,11,23-24H,6H2,(H,26,27)(H2,19,20,28)(H,21,22,25). The number of benzene rings is 1. The number of carbonyl (C=O) groups excluding carboxylic acids is 1. The van der Waals surface area contributed by atoms with Crippen molar-refractivity contribution in [2.75, 3.05) is 11.9 Å². The Morgan fingerprint density at radius 1 is 1.21 bits per heavy atom. The fraction of sp³-hybridized carbons (Fsp3) is 0.111. The first kappa shape index (κ1) is 20.0. The Morgan fingerprint density at radius 2 is 1.93 bits per heavy atom. The van der Waals surface area contributed by atoms with Crippen molar-refractivity contribution in [3.63, 3.8) is 0 Å². The van der Waals surface area contributed by atoms with E-state index in [0.29, 0.717) is 5.56 Å². The molecule has 0 saturated heterocycles. The number of nitrogens with one attached hydrogen (secondary N) is 3. The summed E-state index contributed by atoms with van der Waals surface area (Å²) >= 11 is 1.18. The lowest BCUT2D eigenvalue weighted by Crippen LogP contribution is -2.34. The highest BCUT2D eigenvalue weighted by molar-refractivity contribution is 7.08. The molecular weight excluding hydrogens is 400 g/mol. The molecule has 1 atom stereocenters. The Morgan fingerprint density at radius 3 is 2.59 bits per heavy atom. The van der Waals surface area contributed by atoms with Gasteiger partial charge in [-0.3, -0.25) is 4.79 Å². The zero-order chi connectivity index (χ0) is 21.0. The lowest BCUT2D eigenvalue weighted by atomic mass is 10.1. The number of carbonyl (C=O) groups is 2. The van der Waals surface area contributed by atoms with E-state index in [1.807, 2.05) is 6.07 Å². The number of hydrogen-bond acceptors (Lipinski definition) is 7. The second-order valence-corrected chi connectivity index (χ2v) is 6.60. The van der Waals surface area contributed by atoms with E-state index in [4.69, 9.17) is 5.11 Å². The van der Waals surface area contributed by atoms with E-state index in [2.05, 4.69) is 20.6 Å². The van der Waals surface area contributed by atoms with Crippen molar-refractivity contribution in [3.05, 3.63) is 62.7 Å². The first-order valence-corrected chi connectivity index (χ1v) is 9.21. The predicted molar refractivity (Wildman–Crippen MR) is 105 cm³/mol. The number of H-pyrrole nitrogens is 1. The maximum absolute atomic E-state index is 12.4. The van der Waals surface area contributed by atoms with Crippen LogP contribution in [0.3, 0.4) is 0 Å². The maximum Gasteiger partial charge on any atom is 0.358 e. The molecule has 150 valence electrons. The fourth-order valence-corrected chi connectivity index (χ4v) is 3.32. The van der Waals surface area contributed by atoms with Gasteiger partial charge in [0, 0.05) is 10.8 Å². The Hall–Kier alpha value is -3.70. The lowest BCUT2D eigenvalue weighted by Gasteiger charge is -2.17. The summed E-state index contributed by atoms with van der Waals surface area (Å²) in [6.45, 7) is -0.317. The summed E-state index contributed by atoms with van der Waals surface area (Å²) in [7, 11) is 0. The average Bonchev–Trinajstić information content (AvgIpc) is 3.16. The number of aliphatic hydroxyl groups excluding tert-OH is 1. The van der Waals surface area contributed by atoms with Crippen molar-refractivity contribution in [2.24, 2.45) is 0 Å². The minimum atomic E-state index is -1.56. The molecule has 0 fully saturated rings. The lowest BCUT2D eigenvalue weighted by molar-refractivity contribution is 0.0686. The van der Waals surface area contributed by atoms with Crippen molar-refractivity contribution in [1.82, 2.24) is 15.3 Å². The number of anilines is 1. The third kappa shape index (κ3) is 4.42. The molecule has 11 heteroatoms. The van der Waals surface area contributed by atoms with Crippen molar-refractivity contribution in [2.45, 2.75) is 6.04 Å². The van der Waals surface area contributed by atoms with E-state index in [0.717, 1.165) is 0 Å². The smallest absolute Gasteiger partial charge is 0.358 e. The van der Waals surface area contributed by atoms with E-state index >= 15 is 0 Å². The van der Waals surface area contributed by atoms with Crippen LogP contribution in [0.5, 0.6) is 5.75 Å². The second kappa shape index (κ2) is 8.54. The molecule has 1 aromatic carbocycles. The highest BCUT2D eigenvalue weighted by Gasteiger charge is 2.20. The average molecular weight is 416 g/mol. The van der Waals surface area contributed by atoms with Crippen molar-refractivity contribution in [3.8, 4) is 17.1 Å². The molecule has 10 nitrogen and oxygen atoms in total. The van der Waals surface area contributed by atoms with Crippen LogP contribution in [0.15, 0.2) is 45.9 Å². The number of amides is 2. The van der Waals surface area contributed by atoms with Gasteiger partial charge in [-0.15, -0.1) is 11.3 Å². The van der Waals surface area contributed by atoms with Crippen LogP contribution < -0.4 is 16.2 Å². The minimum Gasteiger partial charge on any atom is -0.501 e. The van der Waals surface area contributed by atoms with E-state index < -0.39 is 35.0 Å². The van der Waals surface area contributed by atoms with Gasteiger partial charge in [0.05, 0.1) is 23.9 Å². The number of carboxylic acids is 1. The minimum absolute atomic E-state index is 0.122. The summed E-state index contributed by atoms with van der Waals surface area (Å²) in [5, 5.41) is 36.5. The third-order valence-corrected chi connectivity index (χ3v) is 4.70. The Bertz CT molecular complexity index is 1100. The summed E-state index contributed by atoms with van der Waals surface area (Å²) in [5.41, 5.74) is -0.563. The van der Waals surface area contributed by atoms with Gasteiger partial charge in [-0.05, 0) is 5.56 Å². The highest BCUT2D eigenvalue weighted by Crippen LogP contribution is 2.30.